The minimum absolute atomic E-state index is 0.0598. The lowest BCUT2D eigenvalue weighted by Crippen LogP contribution is -2.40. The van der Waals surface area contributed by atoms with Crippen molar-refractivity contribution in [3.63, 3.8) is 0 Å². The molecule has 1 heterocycles. The number of amides is 1. The van der Waals surface area contributed by atoms with Gasteiger partial charge in [0.25, 0.3) is 5.91 Å². The lowest BCUT2D eigenvalue weighted by molar-refractivity contribution is -0.119. The van der Waals surface area contributed by atoms with E-state index in [-0.39, 0.29) is 29.3 Å². The molecule has 10 heteroatoms. The number of Topliss-reactive ketones (excluding diaryl/α,β-unsaturated/α-hetero) is 1. The van der Waals surface area contributed by atoms with Gasteiger partial charge in [-0.25, -0.2) is 13.2 Å². The van der Waals surface area contributed by atoms with Crippen LogP contribution in [-0.4, -0.2) is 63.3 Å². The van der Waals surface area contributed by atoms with E-state index in [2.05, 4.69) is 5.32 Å². The van der Waals surface area contributed by atoms with E-state index in [0.717, 1.165) is 0 Å². The Labute approximate surface area is 180 Å². The third-order valence-electron chi connectivity index (χ3n) is 4.61. The Morgan fingerprint density at radius 3 is 2.32 bits per heavy atom. The second-order valence-corrected chi connectivity index (χ2v) is 8.70. The Balaban J connectivity index is 1.58. The molecule has 0 spiro atoms. The summed E-state index contributed by atoms with van der Waals surface area (Å²) in [4.78, 5) is 36.0. The first-order valence-corrected chi connectivity index (χ1v) is 11.0. The fourth-order valence-corrected chi connectivity index (χ4v) is 4.41. The summed E-state index contributed by atoms with van der Waals surface area (Å²) in [5.74, 6) is -1.58. The minimum Gasteiger partial charge on any atom is -0.452 e. The van der Waals surface area contributed by atoms with Gasteiger partial charge in [-0.2, -0.15) is 4.31 Å². The molecule has 2 aromatic carbocycles. The molecule has 1 saturated heterocycles. The van der Waals surface area contributed by atoms with Crippen LogP contribution in [0.25, 0.3) is 0 Å². The number of benzene rings is 2. The third kappa shape index (κ3) is 5.54. The summed E-state index contributed by atoms with van der Waals surface area (Å²) >= 11 is 0. The summed E-state index contributed by atoms with van der Waals surface area (Å²) in [6.45, 7) is 2.04. The Kier molecular flexibility index (Phi) is 7.16. The van der Waals surface area contributed by atoms with Crippen LogP contribution in [-0.2, 0) is 24.3 Å². The van der Waals surface area contributed by atoms with E-state index in [1.807, 2.05) is 0 Å². The lowest BCUT2D eigenvalue weighted by atomic mass is 10.1. The molecule has 1 N–H and O–H groups in total. The average molecular weight is 446 g/mol. The number of rotatable bonds is 7. The number of sulfonamides is 1. The van der Waals surface area contributed by atoms with Gasteiger partial charge in [0, 0.05) is 18.7 Å². The fourth-order valence-electron chi connectivity index (χ4n) is 3.00. The zero-order valence-electron chi connectivity index (χ0n) is 16.9. The van der Waals surface area contributed by atoms with Crippen molar-refractivity contribution < 1.29 is 32.3 Å². The lowest BCUT2D eigenvalue weighted by Gasteiger charge is -2.26. The Morgan fingerprint density at radius 1 is 1.03 bits per heavy atom. The predicted octanol–water partition coefficient (Wildman–Crippen LogP) is 1.71. The highest BCUT2D eigenvalue weighted by Crippen LogP contribution is 2.18. The van der Waals surface area contributed by atoms with Crippen molar-refractivity contribution in [3.05, 3.63) is 59.7 Å². The van der Waals surface area contributed by atoms with Crippen LogP contribution in [0.4, 0.5) is 5.69 Å². The molecule has 0 saturated carbocycles. The molecule has 0 unspecified atom stereocenters. The van der Waals surface area contributed by atoms with Gasteiger partial charge < -0.3 is 14.8 Å². The van der Waals surface area contributed by atoms with Crippen molar-refractivity contribution in [1.82, 2.24) is 4.31 Å². The molecule has 2 aromatic rings. The molecule has 31 heavy (non-hydrogen) atoms. The van der Waals surface area contributed by atoms with E-state index in [4.69, 9.17) is 9.47 Å². The first kappa shape index (κ1) is 22.6. The topological polar surface area (TPSA) is 119 Å². The van der Waals surface area contributed by atoms with Crippen LogP contribution in [0.3, 0.4) is 0 Å². The highest BCUT2D eigenvalue weighted by atomic mass is 32.2. The molecule has 1 amide bonds. The fraction of sp³-hybridized carbons (Fsp3) is 0.286. The highest BCUT2D eigenvalue weighted by Gasteiger charge is 2.26. The number of hydrogen-bond acceptors (Lipinski definition) is 7. The van der Waals surface area contributed by atoms with Gasteiger partial charge in [-0.3, -0.25) is 9.59 Å². The van der Waals surface area contributed by atoms with Crippen molar-refractivity contribution >= 4 is 33.4 Å². The predicted molar refractivity (Wildman–Crippen MR) is 111 cm³/mol. The molecular weight excluding hydrogens is 424 g/mol. The van der Waals surface area contributed by atoms with Crippen LogP contribution >= 0.6 is 0 Å². The van der Waals surface area contributed by atoms with Gasteiger partial charge in [0.05, 0.1) is 29.4 Å². The van der Waals surface area contributed by atoms with Crippen LogP contribution in [0.15, 0.2) is 53.4 Å². The van der Waals surface area contributed by atoms with E-state index in [1.165, 1.54) is 35.5 Å². The van der Waals surface area contributed by atoms with Gasteiger partial charge in [-0.1, -0.05) is 12.1 Å². The molecule has 1 aliphatic rings. The van der Waals surface area contributed by atoms with Crippen molar-refractivity contribution in [2.45, 2.75) is 11.8 Å². The van der Waals surface area contributed by atoms with E-state index in [9.17, 15) is 22.8 Å². The van der Waals surface area contributed by atoms with Crippen LogP contribution in [0.5, 0.6) is 0 Å². The highest BCUT2D eigenvalue weighted by molar-refractivity contribution is 7.89. The van der Waals surface area contributed by atoms with E-state index in [1.54, 1.807) is 24.3 Å². The second kappa shape index (κ2) is 9.82. The molecule has 3 rings (SSSR count). The zero-order valence-corrected chi connectivity index (χ0v) is 17.7. The number of nitrogens with one attached hydrogen (secondary N) is 1. The third-order valence-corrected chi connectivity index (χ3v) is 6.53. The smallest absolute Gasteiger partial charge is 0.338 e. The first-order chi connectivity index (χ1) is 14.8. The number of morpholine rings is 1. The zero-order chi connectivity index (χ0) is 22.4. The quantitative estimate of drug-likeness (QED) is 0.508. The number of nitrogens with zero attached hydrogens (tertiary/aromatic N) is 1. The van der Waals surface area contributed by atoms with Crippen LogP contribution in [0, 0.1) is 0 Å². The number of anilines is 1. The van der Waals surface area contributed by atoms with Gasteiger partial charge in [0.15, 0.2) is 12.4 Å². The van der Waals surface area contributed by atoms with Crippen molar-refractivity contribution in [2.75, 3.05) is 38.2 Å². The van der Waals surface area contributed by atoms with Crippen molar-refractivity contribution in [3.8, 4) is 0 Å². The largest absolute Gasteiger partial charge is 0.452 e. The molecule has 1 fully saturated rings. The van der Waals surface area contributed by atoms with E-state index < -0.39 is 28.5 Å². The molecule has 0 radical (unpaired) electrons. The van der Waals surface area contributed by atoms with Gasteiger partial charge >= 0.3 is 5.97 Å². The molecule has 0 atom stereocenters. The summed E-state index contributed by atoms with van der Waals surface area (Å²) < 4.78 is 36.7. The maximum Gasteiger partial charge on any atom is 0.338 e. The molecule has 0 bridgehead atoms. The first-order valence-electron chi connectivity index (χ1n) is 9.54. The second-order valence-electron chi connectivity index (χ2n) is 6.77. The molecular formula is C21H22N2O7S. The molecule has 0 aliphatic carbocycles. The van der Waals surface area contributed by atoms with Crippen molar-refractivity contribution in [1.29, 1.82) is 0 Å². The van der Waals surface area contributed by atoms with Gasteiger partial charge in [0.2, 0.25) is 10.0 Å². The summed E-state index contributed by atoms with van der Waals surface area (Å²) in [6, 6.07) is 11.8. The van der Waals surface area contributed by atoms with E-state index >= 15 is 0 Å². The standard InChI is InChI=1S/C21H22N2O7S/c1-15(24)18-4-2-3-5-19(18)22-20(25)14-30-21(26)16-6-8-17(9-7-16)31(27,28)23-10-12-29-13-11-23/h2-9H,10-14H2,1H3,(H,22,25). The summed E-state index contributed by atoms with van der Waals surface area (Å²) in [5.41, 5.74) is 0.783. The van der Waals surface area contributed by atoms with Crippen LogP contribution < -0.4 is 5.32 Å². The molecule has 1 aliphatic heterocycles. The number of ether oxygens (including phenoxy) is 2. The maximum atomic E-state index is 12.6. The maximum absolute atomic E-state index is 12.6. The Bertz CT molecular complexity index is 1080. The SMILES string of the molecule is CC(=O)c1ccccc1NC(=O)COC(=O)c1ccc(S(=O)(=O)N2CCOCC2)cc1. The monoisotopic (exact) mass is 446 g/mol. The molecule has 9 nitrogen and oxygen atoms in total. The Morgan fingerprint density at radius 2 is 1.68 bits per heavy atom. The summed E-state index contributed by atoms with van der Waals surface area (Å²) in [6.07, 6.45) is 0. The molecule has 0 aromatic heterocycles. The molecule has 164 valence electrons. The number of esters is 1. The summed E-state index contributed by atoms with van der Waals surface area (Å²) in [5, 5.41) is 2.53. The number of carbonyl (C=O) groups excluding carboxylic acids is 3. The Hall–Kier alpha value is -3.08. The minimum atomic E-state index is -3.67. The average Bonchev–Trinajstić information content (AvgIpc) is 2.78. The van der Waals surface area contributed by atoms with Gasteiger partial charge in [-0.05, 0) is 43.3 Å². The number of hydrogen-bond donors (Lipinski definition) is 1. The normalized spacial score (nSPS) is 14.6. The number of ketones is 1. The van der Waals surface area contributed by atoms with Gasteiger partial charge in [0.1, 0.15) is 0 Å². The van der Waals surface area contributed by atoms with Gasteiger partial charge in [-0.15, -0.1) is 0 Å². The number of carbonyl (C=O) groups is 3. The summed E-state index contributed by atoms with van der Waals surface area (Å²) in [7, 11) is -3.67. The van der Waals surface area contributed by atoms with Crippen LogP contribution in [0.1, 0.15) is 27.6 Å². The van der Waals surface area contributed by atoms with Crippen molar-refractivity contribution in [2.24, 2.45) is 0 Å². The van der Waals surface area contributed by atoms with E-state index in [0.29, 0.717) is 24.5 Å². The number of para-hydroxylation sites is 1. The van der Waals surface area contributed by atoms with Crippen LogP contribution in [0.2, 0.25) is 0 Å².